The van der Waals surface area contributed by atoms with E-state index in [0.29, 0.717) is 0 Å². The van der Waals surface area contributed by atoms with E-state index < -0.39 is 0 Å². The first-order valence-electron chi connectivity index (χ1n) is 5.30. The molecule has 2 heterocycles. The molecule has 0 aliphatic rings. The van der Waals surface area contributed by atoms with Gasteiger partial charge in [0.05, 0.1) is 6.26 Å². The first-order chi connectivity index (χ1) is 7.34. The molecule has 0 amide bonds. The number of benzene rings is 1. The SMILES string of the molecule is CC.Cc1cc2c(ccc3ccoc32)[nH]1. The predicted molar refractivity (Wildman–Crippen MR) is 64.2 cm³/mol. The molecule has 0 saturated carbocycles. The van der Waals surface area contributed by atoms with E-state index in [9.17, 15) is 0 Å². The van der Waals surface area contributed by atoms with Crippen LogP contribution in [0.3, 0.4) is 0 Å². The van der Waals surface area contributed by atoms with Gasteiger partial charge in [-0.05, 0) is 31.2 Å². The van der Waals surface area contributed by atoms with Crippen molar-refractivity contribution in [2.75, 3.05) is 0 Å². The molecule has 15 heavy (non-hydrogen) atoms. The van der Waals surface area contributed by atoms with Gasteiger partial charge in [0.15, 0.2) is 0 Å². The van der Waals surface area contributed by atoms with Crippen LogP contribution in [0.1, 0.15) is 19.5 Å². The van der Waals surface area contributed by atoms with Crippen molar-refractivity contribution in [3.05, 3.63) is 36.2 Å². The minimum atomic E-state index is 0.974. The highest BCUT2D eigenvalue weighted by Crippen LogP contribution is 2.26. The smallest absolute Gasteiger partial charge is 0.143 e. The fourth-order valence-electron chi connectivity index (χ4n) is 1.77. The standard InChI is InChI=1S/C11H9NO.C2H6/c1-7-6-9-10(12-7)3-2-8-4-5-13-11(8)9;1-2/h2-6,12H,1H3;1-2H3. The third-order valence-electron chi connectivity index (χ3n) is 2.35. The van der Waals surface area contributed by atoms with Gasteiger partial charge in [0, 0.05) is 22.0 Å². The summed E-state index contributed by atoms with van der Waals surface area (Å²) >= 11 is 0. The van der Waals surface area contributed by atoms with E-state index >= 15 is 0 Å². The van der Waals surface area contributed by atoms with Crippen molar-refractivity contribution in [1.82, 2.24) is 4.98 Å². The molecule has 2 aromatic heterocycles. The summed E-state index contributed by atoms with van der Waals surface area (Å²) in [4.78, 5) is 3.28. The van der Waals surface area contributed by atoms with E-state index in [-0.39, 0.29) is 0 Å². The van der Waals surface area contributed by atoms with E-state index in [1.165, 1.54) is 11.1 Å². The quantitative estimate of drug-likeness (QED) is 0.578. The largest absolute Gasteiger partial charge is 0.464 e. The topological polar surface area (TPSA) is 28.9 Å². The predicted octanol–water partition coefficient (Wildman–Crippen LogP) is 4.25. The zero-order valence-electron chi connectivity index (χ0n) is 9.29. The number of H-pyrrole nitrogens is 1. The van der Waals surface area contributed by atoms with Crippen LogP contribution in [0.2, 0.25) is 0 Å². The van der Waals surface area contributed by atoms with Gasteiger partial charge in [-0.3, -0.25) is 0 Å². The number of fused-ring (bicyclic) bond motifs is 3. The molecule has 0 radical (unpaired) electrons. The second-order valence-electron chi connectivity index (χ2n) is 3.32. The summed E-state index contributed by atoms with van der Waals surface area (Å²) in [6.45, 7) is 6.05. The maximum atomic E-state index is 5.42. The van der Waals surface area contributed by atoms with Gasteiger partial charge in [0.1, 0.15) is 5.58 Å². The third-order valence-corrected chi connectivity index (χ3v) is 2.35. The van der Waals surface area contributed by atoms with Crippen molar-refractivity contribution >= 4 is 21.9 Å². The maximum absolute atomic E-state index is 5.42. The fraction of sp³-hybridized carbons (Fsp3) is 0.231. The second kappa shape index (κ2) is 3.81. The van der Waals surface area contributed by atoms with Crippen molar-refractivity contribution in [1.29, 1.82) is 0 Å². The molecule has 3 rings (SSSR count). The van der Waals surface area contributed by atoms with Crippen LogP contribution in [0.15, 0.2) is 34.9 Å². The normalized spacial score (nSPS) is 10.3. The molecule has 78 valence electrons. The van der Waals surface area contributed by atoms with Gasteiger partial charge in [0.25, 0.3) is 0 Å². The van der Waals surface area contributed by atoms with E-state index in [1.54, 1.807) is 6.26 Å². The van der Waals surface area contributed by atoms with E-state index in [1.807, 2.05) is 19.9 Å². The zero-order chi connectivity index (χ0) is 10.8. The van der Waals surface area contributed by atoms with Crippen LogP contribution in [0.4, 0.5) is 0 Å². The van der Waals surface area contributed by atoms with Crippen LogP contribution in [0.25, 0.3) is 21.9 Å². The van der Waals surface area contributed by atoms with Gasteiger partial charge in [-0.25, -0.2) is 0 Å². The first-order valence-corrected chi connectivity index (χ1v) is 5.30. The summed E-state index contributed by atoms with van der Waals surface area (Å²) in [7, 11) is 0. The minimum Gasteiger partial charge on any atom is -0.464 e. The highest BCUT2D eigenvalue weighted by atomic mass is 16.3. The molecule has 1 aromatic carbocycles. The molecule has 2 heteroatoms. The number of aromatic nitrogens is 1. The molecular formula is C13H15NO. The summed E-state index contributed by atoms with van der Waals surface area (Å²) in [5.41, 5.74) is 3.28. The summed E-state index contributed by atoms with van der Waals surface area (Å²) < 4.78 is 5.42. The molecule has 0 fully saturated rings. The molecule has 0 saturated heterocycles. The number of hydrogen-bond acceptors (Lipinski definition) is 1. The van der Waals surface area contributed by atoms with Gasteiger partial charge in [0.2, 0.25) is 0 Å². The summed E-state index contributed by atoms with van der Waals surface area (Å²) in [6, 6.07) is 8.25. The molecule has 0 unspecified atom stereocenters. The lowest BCUT2D eigenvalue weighted by Gasteiger charge is -1.89. The number of furan rings is 1. The zero-order valence-corrected chi connectivity index (χ0v) is 9.29. The van der Waals surface area contributed by atoms with Crippen LogP contribution in [-0.2, 0) is 0 Å². The van der Waals surface area contributed by atoms with E-state index in [4.69, 9.17) is 4.42 Å². The monoisotopic (exact) mass is 201 g/mol. The summed E-state index contributed by atoms with van der Waals surface area (Å²) in [5, 5.41) is 2.33. The Labute approximate surface area is 88.9 Å². The Hall–Kier alpha value is -1.70. The van der Waals surface area contributed by atoms with Crippen molar-refractivity contribution < 1.29 is 4.42 Å². The number of hydrogen-bond donors (Lipinski definition) is 1. The van der Waals surface area contributed by atoms with Gasteiger partial charge < -0.3 is 9.40 Å². The highest BCUT2D eigenvalue weighted by molar-refractivity contribution is 6.03. The molecule has 3 aromatic rings. The van der Waals surface area contributed by atoms with Crippen LogP contribution in [0.5, 0.6) is 0 Å². The Bertz CT molecular complexity index is 574. The molecular weight excluding hydrogens is 186 g/mol. The molecule has 0 atom stereocenters. The van der Waals surface area contributed by atoms with Crippen LogP contribution in [0, 0.1) is 6.92 Å². The van der Waals surface area contributed by atoms with Gasteiger partial charge in [-0.1, -0.05) is 13.8 Å². The summed E-state index contributed by atoms with van der Waals surface area (Å²) in [5.74, 6) is 0. The molecule has 0 aliphatic carbocycles. The van der Waals surface area contributed by atoms with Crippen LogP contribution in [-0.4, -0.2) is 4.98 Å². The lowest BCUT2D eigenvalue weighted by Crippen LogP contribution is -1.68. The number of aromatic amines is 1. The third kappa shape index (κ3) is 1.52. The molecule has 2 nitrogen and oxygen atoms in total. The Morgan fingerprint density at radius 3 is 2.73 bits per heavy atom. The van der Waals surface area contributed by atoms with Gasteiger partial charge >= 0.3 is 0 Å². The first kappa shape index (κ1) is 9.84. The van der Waals surface area contributed by atoms with E-state index in [2.05, 4.69) is 30.1 Å². The Balaban J connectivity index is 0.000000404. The van der Waals surface area contributed by atoms with Crippen molar-refractivity contribution in [3.8, 4) is 0 Å². The second-order valence-corrected chi connectivity index (χ2v) is 3.32. The Kier molecular flexibility index (Phi) is 2.50. The highest BCUT2D eigenvalue weighted by Gasteiger charge is 2.04. The minimum absolute atomic E-state index is 0.974. The van der Waals surface area contributed by atoms with Crippen LogP contribution < -0.4 is 0 Å². The molecule has 0 bridgehead atoms. The van der Waals surface area contributed by atoms with Crippen LogP contribution >= 0.6 is 0 Å². The Morgan fingerprint density at radius 2 is 1.93 bits per heavy atom. The number of aryl methyl sites for hydroxylation is 1. The van der Waals surface area contributed by atoms with Crippen molar-refractivity contribution in [2.24, 2.45) is 0 Å². The van der Waals surface area contributed by atoms with Gasteiger partial charge in [-0.2, -0.15) is 0 Å². The average Bonchev–Trinajstić information content (AvgIpc) is 2.84. The maximum Gasteiger partial charge on any atom is 0.143 e. The van der Waals surface area contributed by atoms with Gasteiger partial charge in [-0.15, -0.1) is 0 Å². The number of nitrogens with one attached hydrogen (secondary N) is 1. The molecule has 0 aliphatic heterocycles. The molecule has 0 spiro atoms. The van der Waals surface area contributed by atoms with Crippen molar-refractivity contribution in [2.45, 2.75) is 20.8 Å². The lowest BCUT2D eigenvalue weighted by atomic mass is 10.2. The number of rotatable bonds is 0. The van der Waals surface area contributed by atoms with Crippen molar-refractivity contribution in [3.63, 3.8) is 0 Å². The molecule has 1 N–H and O–H groups in total. The average molecular weight is 201 g/mol. The van der Waals surface area contributed by atoms with E-state index in [0.717, 1.165) is 16.5 Å². The lowest BCUT2D eigenvalue weighted by molar-refractivity contribution is 0.619. The summed E-state index contributed by atoms with van der Waals surface area (Å²) in [6.07, 6.45) is 1.73. The fourth-order valence-corrected chi connectivity index (χ4v) is 1.77. The Morgan fingerprint density at radius 1 is 1.13 bits per heavy atom.